The summed E-state index contributed by atoms with van der Waals surface area (Å²) in [6, 6.07) is 11.4. The van der Waals surface area contributed by atoms with Crippen LogP contribution >= 0.6 is 22.9 Å². The van der Waals surface area contributed by atoms with Crippen LogP contribution in [0.15, 0.2) is 65.8 Å². The maximum atomic E-state index is 13.1. The van der Waals surface area contributed by atoms with Crippen molar-refractivity contribution >= 4 is 40.4 Å². The van der Waals surface area contributed by atoms with Crippen molar-refractivity contribution in [3.63, 3.8) is 0 Å². The number of benzene rings is 1. The van der Waals surface area contributed by atoms with Gasteiger partial charge in [-0.25, -0.2) is 0 Å². The van der Waals surface area contributed by atoms with Gasteiger partial charge in [-0.3, -0.25) is 14.6 Å². The number of pyridine rings is 1. The first-order valence-corrected chi connectivity index (χ1v) is 10.9. The topological polar surface area (TPSA) is 79.7 Å². The number of nitrogens with zero attached hydrogens (tertiary/aromatic N) is 2. The van der Waals surface area contributed by atoms with Gasteiger partial charge in [-0.15, -0.1) is 11.3 Å². The van der Waals surface area contributed by atoms with Crippen LogP contribution in [0, 0.1) is 0 Å². The lowest BCUT2D eigenvalue weighted by atomic mass is 9.99. The molecule has 1 aliphatic rings. The molecule has 158 valence electrons. The van der Waals surface area contributed by atoms with Crippen LogP contribution in [0.5, 0.6) is 5.75 Å². The number of hydrogen-bond donors (Lipinski definition) is 1. The Kier molecular flexibility index (Phi) is 6.06. The lowest BCUT2D eigenvalue weighted by molar-refractivity contribution is -0.140. The Morgan fingerprint density at radius 3 is 2.68 bits per heavy atom. The third-order valence-corrected chi connectivity index (χ3v) is 6.21. The first-order chi connectivity index (χ1) is 15.0. The minimum absolute atomic E-state index is 0.0112. The van der Waals surface area contributed by atoms with E-state index in [1.807, 2.05) is 24.4 Å². The highest BCUT2D eigenvalue weighted by Crippen LogP contribution is 2.43. The summed E-state index contributed by atoms with van der Waals surface area (Å²) in [5, 5.41) is 13.3. The number of amides is 1. The van der Waals surface area contributed by atoms with Crippen LogP contribution in [0.25, 0.3) is 5.76 Å². The largest absolute Gasteiger partial charge is 0.507 e. The zero-order valence-electron chi connectivity index (χ0n) is 16.6. The second kappa shape index (κ2) is 8.91. The van der Waals surface area contributed by atoms with Gasteiger partial charge in [-0.05, 0) is 54.3 Å². The van der Waals surface area contributed by atoms with Crippen molar-refractivity contribution in [3.8, 4) is 5.75 Å². The quantitative estimate of drug-likeness (QED) is 0.328. The summed E-state index contributed by atoms with van der Waals surface area (Å²) in [4.78, 5) is 32.3. The van der Waals surface area contributed by atoms with Crippen molar-refractivity contribution in [3.05, 3.63) is 86.8 Å². The number of aliphatic hydroxyl groups excluding tert-OH is 1. The fraction of sp³-hybridized carbons (Fsp3) is 0.174. The first kappa shape index (κ1) is 21.1. The van der Waals surface area contributed by atoms with Crippen molar-refractivity contribution in [1.29, 1.82) is 0 Å². The van der Waals surface area contributed by atoms with E-state index in [2.05, 4.69) is 4.98 Å². The van der Waals surface area contributed by atoms with Crippen molar-refractivity contribution in [2.75, 3.05) is 6.61 Å². The Morgan fingerprint density at radius 2 is 2.00 bits per heavy atom. The van der Waals surface area contributed by atoms with Gasteiger partial charge in [0.25, 0.3) is 11.7 Å². The maximum absolute atomic E-state index is 13.1. The van der Waals surface area contributed by atoms with Crippen LogP contribution in [-0.2, 0) is 16.1 Å². The summed E-state index contributed by atoms with van der Waals surface area (Å²) >= 11 is 7.74. The zero-order valence-corrected chi connectivity index (χ0v) is 18.2. The molecular formula is C23H19ClN2O4S. The molecule has 6 nitrogen and oxygen atoms in total. The fourth-order valence-corrected chi connectivity index (χ4v) is 4.61. The Balaban J connectivity index is 1.85. The molecule has 4 rings (SSSR count). The molecule has 0 aliphatic carbocycles. The highest BCUT2D eigenvalue weighted by Gasteiger charge is 2.46. The van der Waals surface area contributed by atoms with Crippen LogP contribution < -0.4 is 4.74 Å². The Bertz CT molecular complexity index is 1150. The minimum atomic E-state index is -0.747. The number of likely N-dealkylation sites (tertiary alicyclic amines) is 1. The number of carbonyl (C=O) groups excluding carboxylic acids is 2. The van der Waals surface area contributed by atoms with Gasteiger partial charge in [0.05, 0.1) is 23.2 Å². The molecule has 3 aromatic rings. The van der Waals surface area contributed by atoms with E-state index in [-0.39, 0.29) is 28.5 Å². The number of hydrogen-bond acceptors (Lipinski definition) is 6. The smallest absolute Gasteiger partial charge is 0.295 e. The molecule has 31 heavy (non-hydrogen) atoms. The lowest BCUT2D eigenvalue weighted by Crippen LogP contribution is -2.28. The van der Waals surface area contributed by atoms with Crippen LogP contribution in [0.4, 0.5) is 0 Å². The number of aliphatic hydroxyl groups is 1. The van der Waals surface area contributed by atoms with Crippen LogP contribution in [0.2, 0.25) is 5.02 Å². The van der Waals surface area contributed by atoms with Gasteiger partial charge in [0.2, 0.25) is 0 Å². The van der Waals surface area contributed by atoms with E-state index in [0.29, 0.717) is 12.4 Å². The van der Waals surface area contributed by atoms with E-state index >= 15 is 0 Å². The molecule has 1 saturated heterocycles. The van der Waals surface area contributed by atoms with Crippen LogP contribution in [-0.4, -0.2) is 33.3 Å². The normalized spacial score (nSPS) is 17.9. The summed E-state index contributed by atoms with van der Waals surface area (Å²) in [5.74, 6) is -1.23. The predicted molar refractivity (Wildman–Crippen MR) is 119 cm³/mol. The summed E-state index contributed by atoms with van der Waals surface area (Å²) in [6.45, 7) is 2.49. The van der Waals surface area contributed by atoms with E-state index in [9.17, 15) is 14.7 Å². The monoisotopic (exact) mass is 454 g/mol. The highest BCUT2D eigenvalue weighted by molar-refractivity contribution is 7.10. The molecule has 1 aliphatic heterocycles. The molecular weight excluding hydrogens is 436 g/mol. The molecule has 1 amide bonds. The molecule has 1 fully saturated rings. The molecule has 0 spiro atoms. The highest BCUT2D eigenvalue weighted by atomic mass is 35.5. The number of rotatable bonds is 6. The van der Waals surface area contributed by atoms with E-state index in [1.54, 1.807) is 42.7 Å². The molecule has 1 atom stereocenters. The molecule has 1 unspecified atom stereocenters. The second-order valence-electron chi connectivity index (χ2n) is 6.87. The van der Waals surface area contributed by atoms with Crippen LogP contribution in [0.3, 0.4) is 0 Å². The van der Waals surface area contributed by atoms with Crippen LogP contribution in [0.1, 0.15) is 29.0 Å². The number of Topliss-reactive ketones (excluding diaryl/α,β-unsaturated/α-hetero) is 1. The number of carbonyl (C=O) groups is 2. The molecule has 0 saturated carbocycles. The molecule has 1 N–H and O–H groups in total. The van der Waals surface area contributed by atoms with Gasteiger partial charge in [0.1, 0.15) is 11.5 Å². The summed E-state index contributed by atoms with van der Waals surface area (Å²) in [5.41, 5.74) is 1.09. The standard InChI is InChI=1S/C23H19ClN2O4S/c1-2-30-15-5-6-17(24)16(12-15)21(27)19-20(18-4-3-11-31-18)26(23(29)22(19)28)13-14-7-9-25-10-8-14/h3-12,20,27H,2,13H2,1H3/b21-19-. The molecule has 0 radical (unpaired) electrons. The average molecular weight is 455 g/mol. The number of thiophene rings is 1. The number of ether oxygens (including phenoxy) is 1. The SMILES string of the molecule is CCOc1ccc(Cl)c(/C(O)=C2/C(=O)C(=O)N(Cc3ccncc3)C2c2cccs2)c1. The van der Waals surface area contributed by atoms with Crippen molar-refractivity contribution in [2.45, 2.75) is 19.5 Å². The van der Waals surface area contributed by atoms with Gasteiger partial charge >= 0.3 is 0 Å². The Labute approximate surface area is 188 Å². The van der Waals surface area contributed by atoms with Gasteiger partial charge < -0.3 is 14.7 Å². The summed E-state index contributed by atoms with van der Waals surface area (Å²) in [7, 11) is 0. The molecule has 2 aromatic heterocycles. The van der Waals surface area contributed by atoms with Crippen molar-refractivity contribution < 1.29 is 19.4 Å². The van der Waals surface area contributed by atoms with E-state index in [4.69, 9.17) is 16.3 Å². The summed E-state index contributed by atoms with van der Waals surface area (Å²) in [6.07, 6.45) is 3.26. The van der Waals surface area contributed by atoms with Gasteiger partial charge in [-0.1, -0.05) is 17.7 Å². The zero-order chi connectivity index (χ0) is 22.0. The number of halogens is 1. The number of aromatic nitrogens is 1. The van der Waals surface area contributed by atoms with E-state index in [0.717, 1.165) is 10.4 Å². The Morgan fingerprint density at radius 1 is 1.23 bits per heavy atom. The van der Waals surface area contributed by atoms with Gasteiger partial charge in [-0.2, -0.15) is 0 Å². The van der Waals surface area contributed by atoms with E-state index < -0.39 is 17.7 Å². The van der Waals surface area contributed by atoms with E-state index in [1.165, 1.54) is 16.2 Å². The molecule has 0 bridgehead atoms. The van der Waals surface area contributed by atoms with Gasteiger partial charge in [0.15, 0.2) is 0 Å². The summed E-state index contributed by atoms with van der Waals surface area (Å²) < 4.78 is 5.50. The lowest BCUT2D eigenvalue weighted by Gasteiger charge is -2.24. The fourth-order valence-electron chi connectivity index (χ4n) is 3.56. The predicted octanol–water partition coefficient (Wildman–Crippen LogP) is 4.82. The Hall–Kier alpha value is -3.16. The number of ketones is 1. The van der Waals surface area contributed by atoms with Crippen molar-refractivity contribution in [1.82, 2.24) is 9.88 Å². The minimum Gasteiger partial charge on any atom is -0.507 e. The van der Waals surface area contributed by atoms with Crippen molar-refractivity contribution in [2.24, 2.45) is 0 Å². The second-order valence-corrected chi connectivity index (χ2v) is 8.26. The molecule has 8 heteroatoms. The third-order valence-electron chi connectivity index (χ3n) is 4.96. The third kappa shape index (κ3) is 4.06. The first-order valence-electron chi connectivity index (χ1n) is 9.64. The van der Waals surface area contributed by atoms with Gasteiger partial charge in [0, 0.05) is 29.4 Å². The maximum Gasteiger partial charge on any atom is 0.295 e. The molecule has 3 heterocycles. The average Bonchev–Trinajstić information content (AvgIpc) is 3.38. The molecule has 1 aromatic carbocycles.